The molecule has 3 N–H and O–H groups in total. The van der Waals surface area contributed by atoms with E-state index in [1.807, 2.05) is 30.5 Å². The molecule has 0 atom stereocenters. The molecule has 1 heterocycles. The molecule has 5 nitrogen and oxygen atoms in total. The van der Waals surface area contributed by atoms with Gasteiger partial charge in [-0.3, -0.25) is 9.78 Å². The lowest BCUT2D eigenvalue weighted by atomic mass is 10.2. The van der Waals surface area contributed by atoms with Gasteiger partial charge in [0.1, 0.15) is 0 Å². The number of anilines is 2. The number of thioether (sulfide) groups is 1. The number of aromatic amines is 1. The van der Waals surface area contributed by atoms with E-state index in [1.165, 1.54) is 0 Å². The van der Waals surface area contributed by atoms with Gasteiger partial charge < -0.3 is 10.4 Å². The van der Waals surface area contributed by atoms with E-state index in [2.05, 4.69) is 15.3 Å². The summed E-state index contributed by atoms with van der Waals surface area (Å²) in [6, 6.07) is 7.86. The molecular weight excluding hydrogens is 274 g/mol. The minimum atomic E-state index is -0.213. The van der Waals surface area contributed by atoms with Crippen LogP contribution in [-0.2, 0) is 6.42 Å². The lowest BCUT2D eigenvalue weighted by molar-refractivity contribution is 0.298. The van der Waals surface area contributed by atoms with E-state index in [1.54, 1.807) is 18.7 Å². The van der Waals surface area contributed by atoms with Crippen molar-refractivity contribution in [2.24, 2.45) is 0 Å². The summed E-state index contributed by atoms with van der Waals surface area (Å²) in [5.74, 6) is 0.410. The average Bonchev–Trinajstić information content (AvgIpc) is 2.43. The zero-order valence-electron chi connectivity index (χ0n) is 11.4. The third kappa shape index (κ3) is 3.40. The minimum absolute atomic E-state index is 0.0614. The van der Waals surface area contributed by atoms with E-state index in [0.29, 0.717) is 23.6 Å². The summed E-state index contributed by atoms with van der Waals surface area (Å²) in [6.07, 6.45) is 2.32. The van der Waals surface area contributed by atoms with Crippen LogP contribution in [0.3, 0.4) is 0 Å². The predicted molar refractivity (Wildman–Crippen MR) is 81.9 cm³/mol. The Balaban J connectivity index is 2.28. The number of benzene rings is 1. The van der Waals surface area contributed by atoms with Crippen LogP contribution < -0.4 is 10.9 Å². The third-order valence-corrected chi connectivity index (χ3v) is 3.64. The molecule has 1 aromatic heterocycles. The fourth-order valence-corrected chi connectivity index (χ4v) is 2.37. The first-order valence-electron chi connectivity index (χ1n) is 6.25. The molecule has 0 radical (unpaired) electrons. The van der Waals surface area contributed by atoms with E-state index < -0.39 is 0 Å². The Hall–Kier alpha value is -1.79. The van der Waals surface area contributed by atoms with Gasteiger partial charge >= 0.3 is 0 Å². The summed E-state index contributed by atoms with van der Waals surface area (Å²) in [5, 5.41) is 12.0. The number of nitrogens with zero attached hydrogens (tertiary/aromatic N) is 1. The van der Waals surface area contributed by atoms with E-state index >= 15 is 0 Å². The van der Waals surface area contributed by atoms with E-state index in [4.69, 9.17) is 5.11 Å². The van der Waals surface area contributed by atoms with Crippen molar-refractivity contribution in [2.45, 2.75) is 18.2 Å². The molecule has 2 aromatic rings. The summed E-state index contributed by atoms with van der Waals surface area (Å²) in [5.41, 5.74) is 1.81. The van der Waals surface area contributed by atoms with E-state index in [0.717, 1.165) is 10.6 Å². The second-order valence-corrected chi connectivity index (χ2v) is 5.19. The van der Waals surface area contributed by atoms with Gasteiger partial charge in [-0.25, -0.2) is 4.98 Å². The highest BCUT2D eigenvalue weighted by atomic mass is 32.2. The van der Waals surface area contributed by atoms with Crippen molar-refractivity contribution in [3.63, 3.8) is 0 Å². The Morgan fingerprint density at radius 2 is 2.25 bits per heavy atom. The number of rotatable bonds is 5. The minimum Gasteiger partial charge on any atom is -0.396 e. The highest BCUT2D eigenvalue weighted by Crippen LogP contribution is 2.20. The topological polar surface area (TPSA) is 78.0 Å². The Kier molecular flexibility index (Phi) is 4.81. The Labute approximate surface area is 121 Å². The van der Waals surface area contributed by atoms with Gasteiger partial charge in [0.15, 0.2) is 0 Å². The summed E-state index contributed by atoms with van der Waals surface area (Å²) in [6.45, 7) is 1.71. The fourth-order valence-electron chi connectivity index (χ4n) is 1.91. The largest absolute Gasteiger partial charge is 0.396 e. The van der Waals surface area contributed by atoms with Crippen LogP contribution >= 0.6 is 11.8 Å². The maximum Gasteiger partial charge on any atom is 0.255 e. The SMILES string of the molecule is CSc1cccc(Nc2nc(C)c(CCO)c(=O)[nH]2)c1. The molecule has 6 heteroatoms. The van der Waals surface area contributed by atoms with Gasteiger partial charge in [-0.1, -0.05) is 6.07 Å². The van der Waals surface area contributed by atoms with Crippen LogP contribution in [0.1, 0.15) is 11.3 Å². The average molecular weight is 291 g/mol. The number of aromatic nitrogens is 2. The summed E-state index contributed by atoms with van der Waals surface area (Å²) >= 11 is 1.65. The standard InChI is InChI=1S/C14H17N3O2S/c1-9-12(6-7-18)13(19)17-14(15-9)16-10-4-3-5-11(8-10)20-2/h3-5,8,18H,6-7H2,1-2H3,(H2,15,16,17,19). The van der Waals surface area contributed by atoms with E-state index in [-0.39, 0.29) is 12.2 Å². The van der Waals surface area contributed by atoms with Gasteiger partial charge in [-0.15, -0.1) is 11.8 Å². The zero-order valence-corrected chi connectivity index (χ0v) is 12.3. The monoisotopic (exact) mass is 291 g/mol. The zero-order chi connectivity index (χ0) is 14.5. The van der Waals surface area contributed by atoms with Crippen LogP contribution in [0.25, 0.3) is 0 Å². The highest BCUT2D eigenvalue weighted by molar-refractivity contribution is 7.98. The van der Waals surface area contributed by atoms with Gasteiger partial charge in [0.05, 0.1) is 5.69 Å². The lowest BCUT2D eigenvalue weighted by Gasteiger charge is -2.09. The molecule has 0 fully saturated rings. The number of H-pyrrole nitrogens is 1. The Morgan fingerprint density at radius 1 is 1.45 bits per heavy atom. The fraction of sp³-hybridized carbons (Fsp3) is 0.286. The lowest BCUT2D eigenvalue weighted by Crippen LogP contribution is -2.19. The molecule has 0 saturated carbocycles. The molecule has 0 aliphatic rings. The van der Waals surface area contributed by atoms with Gasteiger partial charge in [0.25, 0.3) is 5.56 Å². The van der Waals surface area contributed by atoms with Crippen molar-refractivity contribution in [1.82, 2.24) is 9.97 Å². The van der Waals surface area contributed by atoms with Crippen molar-refractivity contribution < 1.29 is 5.11 Å². The Bertz CT molecular complexity index is 655. The van der Waals surface area contributed by atoms with E-state index in [9.17, 15) is 4.79 Å². The number of hydrogen-bond donors (Lipinski definition) is 3. The molecule has 1 aromatic carbocycles. The van der Waals surface area contributed by atoms with Crippen LogP contribution in [0.4, 0.5) is 11.6 Å². The molecule has 0 aliphatic heterocycles. The van der Waals surface area contributed by atoms with Crippen LogP contribution in [-0.4, -0.2) is 27.9 Å². The number of hydrogen-bond acceptors (Lipinski definition) is 5. The van der Waals surface area contributed by atoms with Gasteiger partial charge in [0, 0.05) is 29.2 Å². The van der Waals surface area contributed by atoms with Crippen molar-refractivity contribution in [2.75, 3.05) is 18.2 Å². The van der Waals surface area contributed by atoms with Crippen molar-refractivity contribution in [3.05, 3.63) is 45.9 Å². The molecule has 0 bridgehead atoms. The normalized spacial score (nSPS) is 10.6. The molecule has 0 amide bonds. The van der Waals surface area contributed by atoms with Crippen molar-refractivity contribution >= 4 is 23.4 Å². The van der Waals surface area contributed by atoms with Crippen LogP contribution in [0.2, 0.25) is 0 Å². The number of aryl methyl sites for hydroxylation is 1. The first kappa shape index (κ1) is 14.6. The smallest absolute Gasteiger partial charge is 0.255 e. The maximum atomic E-state index is 11.9. The first-order valence-corrected chi connectivity index (χ1v) is 7.48. The first-order chi connectivity index (χ1) is 9.63. The molecule has 0 saturated heterocycles. The van der Waals surface area contributed by atoms with Crippen molar-refractivity contribution in [1.29, 1.82) is 0 Å². The molecule has 0 spiro atoms. The second-order valence-electron chi connectivity index (χ2n) is 4.31. The third-order valence-electron chi connectivity index (χ3n) is 2.92. The molecule has 20 heavy (non-hydrogen) atoms. The van der Waals surface area contributed by atoms with Gasteiger partial charge in [-0.05, 0) is 31.4 Å². The van der Waals surface area contributed by atoms with Gasteiger partial charge in [0.2, 0.25) is 5.95 Å². The quantitative estimate of drug-likeness (QED) is 0.735. The summed E-state index contributed by atoms with van der Waals surface area (Å²) < 4.78 is 0. The highest BCUT2D eigenvalue weighted by Gasteiger charge is 2.07. The summed E-state index contributed by atoms with van der Waals surface area (Å²) in [7, 11) is 0. The molecule has 2 rings (SSSR count). The number of nitrogens with one attached hydrogen (secondary N) is 2. The summed E-state index contributed by atoms with van der Waals surface area (Å²) in [4.78, 5) is 20.1. The van der Waals surface area contributed by atoms with Crippen LogP contribution in [0, 0.1) is 6.92 Å². The van der Waals surface area contributed by atoms with Crippen LogP contribution in [0.5, 0.6) is 0 Å². The number of aliphatic hydroxyl groups is 1. The molecule has 0 unspecified atom stereocenters. The molecular formula is C14H17N3O2S. The molecule has 106 valence electrons. The number of aliphatic hydroxyl groups excluding tert-OH is 1. The maximum absolute atomic E-state index is 11.9. The van der Waals surface area contributed by atoms with Gasteiger partial charge in [-0.2, -0.15) is 0 Å². The van der Waals surface area contributed by atoms with Crippen molar-refractivity contribution in [3.8, 4) is 0 Å². The van der Waals surface area contributed by atoms with Crippen LogP contribution in [0.15, 0.2) is 34.0 Å². The predicted octanol–water partition coefficient (Wildman–Crippen LogP) is 2.08. The molecule has 0 aliphatic carbocycles. The second kappa shape index (κ2) is 6.58. The Morgan fingerprint density at radius 3 is 2.90 bits per heavy atom.